The van der Waals surface area contributed by atoms with Crippen molar-refractivity contribution in [3.8, 4) is 0 Å². The minimum Gasteiger partial charge on any atom is -0.481 e. The van der Waals surface area contributed by atoms with Crippen LogP contribution < -0.4 is 0 Å². The van der Waals surface area contributed by atoms with Crippen molar-refractivity contribution < 1.29 is 14.3 Å². The van der Waals surface area contributed by atoms with Crippen LogP contribution in [0.1, 0.15) is 63.1 Å². The van der Waals surface area contributed by atoms with Crippen LogP contribution in [0.3, 0.4) is 0 Å². The average molecular weight is 266 g/mol. The lowest BCUT2D eigenvalue weighted by Gasteiger charge is -2.04. The Morgan fingerprint density at radius 2 is 1.84 bits per heavy atom. The summed E-state index contributed by atoms with van der Waals surface area (Å²) >= 11 is 0. The summed E-state index contributed by atoms with van der Waals surface area (Å²) < 4.78 is 5.58. The number of hydrogen-bond acceptors (Lipinski definition) is 4. The third-order valence-electron chi connectivity index (χ3n) is 3.78. The van der Waals surface area contributed by atoms with Crippen molar-refractivity contribution in [1.82, 2.24) is 10.2 Å². The number of aryl methyl sites for hydroxylation is 2. The van der Waals surface area contributed by atoms with Crippen LogP contribution in [0.4, 0.5) is 0 Å². The van der Waals surface area contributed by atoms with Gasteiger partial charge in [-0.1, -0.05) is 25.7 Å². The van der Waals surface area contributed by atoms with Crippen molar-refractivity contribution in [1.29, 1.82) is 0 Å². The summed E-state index contributed by atoms with van der Waals surface area (Å²) in [4.78, 5) is 10.4. The number of nitrogens with zero attached hydrogens (tertiary/aromatic N) is 2. The Labute approximate surface area is 113 Å². The number of unbranched alkanes of at least 4 members (excludes halogenated alkanes) is 1. The molecule has 0 spiro atoms. The lowest BCUT2D eigenvalue weighted by molar-refractivity contribution is -0.137. The second kappa shape index (κ2) is 7.26. The second-order valence-electron chi connectivity index (χ2n) is 5.38. The zero-order valence-corrected chi connectivity index (χ0v) is 11.3. The molecule has 1 N–H and O–H groups in total. The Morgan fingerprint density at radius 1 is 1.16 bits per heavy atom. The standard InChI is InChI=1S/C14H22N2O3/c17-14(18)8-4-3-7-12-15-16-13(19-12)10-9-11-5-1-2-6-11/h11H,1-10H2,(H,17,18). The van der Waals surface area contributed by atoms with E-state index in [1.807, 2.05) is 0 Å². The van der Waals surface area contributed by atoms with E-state index in [1.165, 1.54) is 25.7 Å². The molecule has 1 heterocycles. The maximum atomic E-state index is 10.4. The van der Waals surface area contributed by atoms with Crippen LogP contribution in [0.25, 0.3) is 0 Å². The molecular formula is C14H22N2O3. The van der Waals surface area contributed by atoms with Gasteiger partial charge in [0.25, 0.3) is 0 Å². The highest BCUT2D eigenvalue weighted by atomic mass is 16.4. The molecule has 1 aliphatic carbocycles. The monoisotopic (exact) mass is 266 g/mol. The smallest absolute Gasteiger partial charge is 0.303 e. The molecule has 1 saturated carbocycles. The van der Waals surface area contributed by atoms with E-state index in [2.05, 4.69) is 10.2 Å². The molecule has 2 rings (SSSR count). The fourth-order valence-corrected chi connectivity index (χ4v) is 2.67. The number of carbonyl (C=O) groups is 1. The van der Waals surface area contributed by atoms with Gasteiger partial charge in [-0.05, 0) is 25.2 Å². The Balaban J connectivity index is 1.65. The highest BCUT2D eigenvalue weighted by Gasteiger charge is 2.16. The molecule has 5 nitrogen and oxygen atoms in total. The fraction of sp³-hybridized carbons (Fsp3) is 0.786. The Hall–Kier alpha value is -1.39. The molecular weight excluding hydrogens is 244 g/mol. The van der Waals surface area contributed by atoms with E-state index in [4.69, 9.17) is 9.52 Å². The maximum absolute atomic E-state index is 10.4. The van der Waals surface area contributed by atoms with Gasteiger partial charge in [-0.15, -0.1) is 10.2 Å². The third-order valence-corrected chi connectivity index (χ3v) is 3.78. The molecule has 106 valence electrons. The summed E-state index contributed by atoms with van der Waals surface area (Å²) in [7, 11) is 0. The normalized spacial score (nSPS) is 16.0. The van der Waals surface area contributed by atoms with Gasteiger partial charge in [-0.2, -0.15) is 0 Å². The topological polar surface area (TPSA) is 76.2 Å². The first-order valence-corrected chi connectivity index (χ1v) is 7.27. The van der Waals surface area contributed by atoms with E-state index in [-0.39, 0.29) is 6.42 Å². The van der Waals surface area contributed by atoms with Crippen molar-refractivity contribution in [3.05, 3.63) is 11.8 Å². The largest absolute Gasteiger partial charge is 0.481 e. The Bertz CT molecular complexity index is 397. The lowest BCUT2D eigenvalue weighted by atomic mass is 10.0. The van der Waals surface area contributed by atoms with Crippen LogP contribution in [0, 0.1) is 5.92 Å². The van der Waals surface area contributed by atoms with Crippen LogP contribution in [-0.4, -0.2) is 21.3 Å². The summed E-state index contributed by atoms with van der Waals surface area (Å²) in [5, 5.41) is 16.6. The predicted octanol–water partition coefficient (Wildman–Crippen LogP) is 2.99. The summed E-state index contributed by atoms with van der Waals surface area (Å²) in [6, 6.07) is 0. The second-order valence-corrected chi connectivity index (χ2v) is 5.38. The van der Waals surface area contributed by atoms with Gasteiger partial charge in [0, 0.05) is 19.3 Å². The highest BCUT2D eigenvalue weighted by Crippen LogP contribution is 2.28. The predicted molar refractivity (Wildman–Crippen MR) is 69.8 cm³/mol. The van der Waals surface area contributed by atoms with Crippen LogP contribution in [0.15, 0.2) is 4.42 Å². The Morgan fingerprint density at radius 3 is 2.53 bits per heavy atom. The molecule has 0 atom stereocenters. The molecule has 19 heavy (non-hydrogen) atoms. The number of rotatable bonds is 8. The zero-order valence-electron chi connectivity index (χ0n) is 11.3. The first kappa shape index (κ1) is 14.0. The van der Waals surface area contributed by atoms with E-state index < -0.39 is 5.97 Å². The van der Waals surface area contributed by atoms with Crippen LogP contribution in [0.5, 0.6) is 0 Å². The third kappa shape index (κ3) is 5.01. The van der Waals surface area contributed by atoms with Gasteiger partial charge < -0.3 is 9.52 Å². The van der Waals surface area contributed by atoms with Gasteiger partial charge in [0.1, 0.15) is 0 Å². The van der Waals surface area contributed by atoms with Gasteiger partial charge in [0.2, 0.25) is 11.8 Å². The van der Waals surface area contributed by atoms with E-state index in [0.717, 1.165) is 31.1 Å². The number of aromatic nitrogens is 2. The Kier molecular flexibility index (Phi) is 5.36. The molecule has 0 saturated heterocycles. The molecule has 0 bridgehead atoms. The van der Waals surface area contributed by atoms with Gasteiger partial charge >= 0.3 is 5.97 Å². The number of hydrogen-bond donors (Lipinski definition) is 1. The van der Waals surface area contributed by atoms with E-state index >= 15 is 0 Å². The quantitative estimate of drug-likeness (QED) is 0.732. The first-order valence-electron chi connectivity index (χ1n) is 7.27. The van der Waals surface area contributed by atoms with E-state index in [9.17, 15) is 4.79 Å². The lowest BCUT2D eigenvalue weighted by Crippen LogP contribution is -1.96. The van der Waals surface area contributed by atoms with Crippen molar-refractivity contribution in [2.45, 2.75) is 64.2 Å². The maximum Gasteiger partial charge on any atom is 0.303 e. The molecule has 0 aliphatic heterocycles. The molecule has 0 aromatic carbocycles. The number of carboxylic acids is 1. The minimum absolute atomic E-state index is 0.211. The highest BCUT2D eigenvalue weighted by molar-refractivity contribution is 5.66. The summed E-state index contributed by atoms with van der Waals surface area (Å²) in [5.74, 6) is 1.47. The number of aliphatic carboxylic acids is 1. The van der Waals surface area contributed by atoms with Gasteiger partial charge in [0.15, 0.2) is 0 Å². The molecule has 0 amide bonds. The summed E-state index contributed by atoms with van der Waals surface area (Å²) in [6.07, 6.45) is 9.80. The molecule has 1 aromatic rings. The molecule has 0 radical (unpaired) electrons. The summed E-state index contributed by atoms with van der Waals surface area (Å²) in [6.45, 7) is 0. The van der Waals surface area contributed by atoms with Crippen molar-refractivity contribution in [2.75, 3.05) is 0 Å². The fourth-order valence-electron chi connectivity index (χ4n) is 2.67. The summed E-state index contributed by atoms with van der Waals surface area (Å²) in [5.41, 5.74) is 0. The van der Waals surface area contributed by atoms with Crippen LogP contribution in [0.2, 0.25) is 0 Å². The zero-order chi connectivity index (χ0) is 13.5. The average Bonchev–Trinajstić information content (AvgIpc) is 3.03. The molecule has 5 heteroatoms. The van der Waals surface area contributed by atoms with Crippen molar-refractivity contribution in [2.24, 2.45) is 5.92 Å². The molecule has 1 aromatic heterocycles. The van der Waals surface area contributed by atoms with Gasteiger partial charge in [0.05, 0.1) is 0 Å². The van der Waals surface area contributed by atoms with Gasteiger partial charge in [-0.25, -0.2) is 0 Å². The minimum atomic E-state index is -0.747. The van der Waals surface area contributed by atoms with Crippen LogP contribution >= 0.6 is 0 Å². The number of carboxylic acid groups (broad SMARTS) is 1. The van der Waals surface area contributed by atoms with Crippen molar-refractivity contribution in [3.63, 3.8) is 0 Å². The molecule has 0 unspecified atom stereocenters. The van der Waals surface area contributed by atoms with Crippen molar-refractivity contribution >= 4 is 5.97 Å². The first-order chi connectivity index (χ1) is 9.24. The van der Waals surface area contributed by atoms with Crippen LogP contribution in [-0.2, 0) is 17.6 Å². The van der Waals surface area contributed by atoms with Gasteiger partial charge in [-0.3, -0.25) is 4.79 Å². The SMILES string of the molecule is O=C(O)CCCCc1nnc(CCC2CCCC2)o1. The molecule has 1 fully saturated rings. The molecule has 1 aliphatic rings. The van der Waals surface area contributed by atoms with E-state index in [0.29, 0.717) is 18.7 Å². The van der Waals surface area contributed by atoms with E-state index in [1.54, 1.807) is 0 Å².